The van der Waals surface area contributed by atoms with E-state index >= 15 is 0 Å². The topological polar surface area (TPSA) is 76.3 Å². The van der Waals surface area contributed by atoms with Crippen LogP contribution in [0.5, 0.6) is 0 Å². The molecule has 0 saturated carbocycles. The molecule has 3 rings (SSSR count). The van der Waals surface area contributed by atoms with Gasteiger partial charge >= 0.3 is 0 Å². The van der Waals surface area contributed by atoms with Gasteiger partial charge in [0.1, 0.15) is 0 Å². The molecule has 2 aromatic carbocycles. The van der Waals surface area contributed by atoms with E-state index in [1.165, 1.54) is 24.3 Å². The lowest BCUT2D eigenvalue weighted by atomic mass is 10.1. The van der Waals surface area contributed by atoms with E-state index in [1.54, 1.807) is 11.1 Å². The highest BCUT2D eigenvalue weighted by molar-refractivity contribution is 5.94. The van der Waals surface area contributed by atoms with E-state index in [0.717, 1.165) is 11.3 Å². The summed E-state index contributed by atoms with van der Waals surface area (Å²) >= 11 is 0. The van der Waals surface area contributed by atoms with Crippen molar-refractivity contribution in [2.45, 2.75) is 13.0 Å². The fraction of sp³-hybridized carbons (Fsp3) is 0.143. The van der Waals surface area contributed by atoms with Crippen LogP contribution in [-0.4, -0.2) is 27.3 Å². The molecule has 0 atom stereocenters. The molecule has 0 unspecified atom stereocenters. The Morgan fingerprint density at radius 2 is 1.67 bits per heavy atom. The van der Waals surface area contributed by atoms with Gasteiger partial charge in [-0.1, -0.05) is 36.4 Å². The van der Waals surface area contributed by atoms with Crippen molar-refractivity contribution in [3.63, 3.8) is 0 Å². The zero-order chi connectivity index (χ0) is 19.1. The summed E-state index contributed by atoms with van der Waals surface area (Å²) in [6, 6.07) is 21.1. The molecule has 0 saturated heterocycles. The summed E-state index contributed by atoms with van der Waals surface area (Å²) in [4.78, 5) is 29.4. The van der Waals surface area contributed by atoms with Crippen molar-refractivity contribution in [3.05, 3.63) is 106 Å². The van der Waals surface area contributed by atoms with Crippen LogP contribution >= 0.6 is 0 Å². The Balaban J connectivity index is 1.78. The number of amides is 1. The number of nitro benzene ring substituents is 1. The van der Waals surface area contributed by atoms with Crippen LogP contribution in [0.25, 0.3) is 0 Å². The number of pyridine rings is 1. The third kappa shape index (κ3) is 4.98. The van der Waals surface area contributed by atoms with Crippen molar-refractivity contribution in [2.24, 2.45) is 0 Å². The summed E-state index contributed by atoms with van der Waals surface area (Å²) < 4.78 is 0. The van der Waals surface area contributed by atoms with Gasteiger partial charge in [-0.15, -0.1) is 0 Å². The van der Waals surface area contributed by atoms with Crippen LogP contribution in [0.2, 0.25) is 0 Å². The van der Waals surface area contributed by atoms with Gasteiger partial charge in [0.05, 0.1) is 4.92 Å². The van der Waals surface area contributed by atoms with E-state index in [9.17, 15) is 14.9 Å². The van der Waals surface area contributed by atoms with Gasteiger partial charge in [-0.2, -0.15) is 0 Å². The van der Waals surface area contributed by atoms with Crippen LogP contribution in [0.3, 0.4) is 0 Å². The average Bonchev–Trinajstić information content (AvgIpc) is 2.72. The molecular formula is C21H19N3O3. The van der Waals surface area contributed by atoms with Gasteiger partial charge in [-0.3, -0.25) is 19.9 Å². The molecule has 0 bridgehead atoms. The Kier molecular flexibility index (Phi) is 5.89. The van der Waals surface area contributed by atoms with Gasteiger partial charge in [0.25, 0.3) is 11.6 Å². The summed E-state index contributed by atoms with van der Waals surface area (Å²) in [6.07, 6.45) is 2.36. The van der Waals surface area contributed by atoms with E-state index in [1.807, 2.05) is 48.5 Å². The van der Waals surface area contributed by atoms with Crippen LogP contribution in [0, 0.1) is 10.1 Å². The SMILES string of the molecule is O=C(c1ccc([N+](=O)[O-])cc1)N(CCc1ccccn1)Cc1ccccc1. The Bertz CT molecular complexity index is 897. The summed E-state index contributed by atoms with van der Waals surface area (Å²) in [5.41, 5.74) is 2.33. The predicted molar refractivity (Wildman–Crippen MR) is 102 cm³/mol. The van der Waals surface area contributed by atoms with Gasteiger partial charge in [0, 0.05) is 49.1 Å². The number of carbonyl (C=O) groups is 1. The molecule has 6 nitrogen and oxygen atoms in total. The highest BCUT2D eigenvalue weighted by Crippen LogP contribution is 2.15. The second kappa shape index (κ2) is 8.71. The van der Waals surface area contributed by atoms with Crippen molar-refractivity contribution >= 4 is 11.6 Å². The van der Waals surface area contributed by atoms with Crippen molar-refractivity contribution in [2.75, 3.05) is 6.54 Å². The third-order valence-electron chi connectivity index (χ3n) is 4.19. The van der Waals surface area contributed by atoms with Gasteiger partial charge in [0.2, 0.25) is 0 Å². The zero-order valence-corrected chi connectivity index (χ0v) is 14.7. The fourth-order valence-corrected chi connectivity index (χ4v) is 2.76. The summed E-state index contributed by atoms with van der Waals surface area (Å²) in [6.45, 7) is 0.964. The fourth-order valence-electron chi connectivity index (χ4n) is 2.76. The highest BCUT2D eigenvalue weighted by atomic mass is 16.6. The minimum absolute atomic E-state index is 0.0327. The van der Waals surface area contributed by atoms with E-state index < -0.39 is 4.92 Å². The number of aromatic nitrogens is 1. The van der Waals surface area contributed by atoms with E-state index in [-0.39, 0.29) is 11.6 Å². The number of hydrogen-bond acceptors (Lipinski definition) is 4. The van der Waals surface area contributed by atoms with E-state index in [4.69, 9.17) is 0 Å². The molecule has 0 aliphatic carbocycles. The molecule has 0 aliphatic rings. The number of benzene rings is 2. The van der Waals surface area contributed by atoms with Gasteiger partial charge in [-0.25, -0.2) is 0 Å². The molecule has 1 amide bonds. The molecule has 0 N–H and O–H groups in total. The third-order valence-corrected chi connectivity index (χ3v) is 4.19. The number of rotatable bonds is 7. The first-order valence-electron chi connectivity index (χ1n) is 8.61. The molecule has 3 aromatic rings. The molecule has 0 spiro atoms. The van der Waals surface area contributed by atoms with Crippen molar-refractivity contribution < 1.29 is 9.72 Å². The van der Waals surface area contributed by atoms with Crippen LogP contribution in [0.15, 0.2) is 79.0 Å². The van der Waals surface area contributed by atoms with Gasteiger partial charge in [-0.05, 0) is 29.8 Å². The molecule has 1 heterocycles. The molecule has 0 fully saturated rings. The number of nitro groups is 1. The monoisotopic (exact) mass is 361 g/mol. The summed E-state index contributed by atoms with van der Waals surface area (Å²) in [7, 11) is 0. The lowest BCUT2D eigenvalue weighted by Gasteiger charge is -2.23. The maximum absolute atomic E-state index is 13.0. The number of nitrogens with zero attached hydrogens (tertiary/aromatic N) is 3. The Morgan fingerprint density at radius 1 is 0.963 bits per heavy atom. The molecule has 27 heavy (non-hydrogen) atoms. The second-order valence-corrected chi connectivity index (χ2v) is 6.09. The number of carbonyl (C=O) groups excluding carboxylic acids is 1. The van der Waals surface area contributed by atoms with Crippen molar-refractivity contribution in [1.29, 1.82) is 0 Å². The quantitative estimate of drug-likeness (QED) is 0.473. The Morgan fingerprint density at radius 3 is 2.30 bits per heavy atom. The van der Waals surface area contributed by atoms with E-state index in [2.05, 4.69) is 4.98 Å². The van der Waals surface area contributed by atoms with Gasteiger partial charge < -0.3 is 4.90 Å². The Hall–Kier alpha value is -3.54. The molecule has 0 radical (unpaired) electrons. The molecule has 1 aromatic heterocycles. The lowest BCUT2D eigenvalue weighted by Crippen LogP contribution is -2.32. The van der Waals surface area contributed by atoms with Crippen molar-refractivity contribution in [3.8, 4) is 0 Å². The smallest absolute Gasteiger partial charge is 0.269 e. The van der Waals surface area contributed by atoms with Gasteiger partial charge in [0.15, 0.2) is 0 Å². The molecular weight excluding hydrogens is 342 g/mol. The summed E-state index contributed by atoms with van der Waals surface area (Å²) in [5.74, 6) is -0.162. The largest absolute Gasteiger partial charge is 0.334 e. The first-order chi connectivity index (χ1) is 13.1. The Labute approximate surface area is 157 Å². The second-order valence-electron chi connectivity index (χ2n) is 6.09. The lowest BCUT2D eigenvalue weighted by molar-refractivity contribution is -0.384. The van der Waals surface area contributed by atoms with Crippen LogP contribution in [-0.2, 0) is 13.0 Å². The number of hydrogen-bond donors (Lipinski definition) is 0. The highest BCUT2D eigenvalue weighted by Gasteiger charge is 2.17. The zero-order valence-electron chi connectivity index (χ0n) is 14.7. The van der Waals surface area contributed by atoms with E-state index in [0.29, 0.717) is 25.1 Å². The first-order valence-corrected chi connectivity index (χ1v) is 8.61. The normalized spacial score (nSPS) is 10.4. The molecule has 136 valence electrons. The maximum Gasteiger partial charge on any atom is 0.269 e. The first kappa shape index (κ1) is 18.3. The van der Waals surface area contributed by atoms with Crippen LogP contribution in [0.1, 0.15) is 21.6 Å². The van der Waals surface area contributed by atoms with Crippen LogP contribution in [0.4, 0.5) is 5.69 Å². The predicted octanol–water partition coefficient (Wildman–Crippen LogP) is 3.87. The number of non-ortho nitro benzene ring substituents is 1. The van der Waals surface area contributed by atoms with Crippen molar-refractivity contribution in [1.82, 2.24) is 9.88 Å². The minimum atomic E-state index is -0.475. The molecule has 6 heteroatoms. The molecule has 0 aliphatic heterocycles. The maximum atomic E-state index is 13.0. The minimum Gasteiger partial charge on any atom is -0.334 e. The standard InChI is InChI=1S/C21H19N3O3/c25-21(18-9-11-20(12-10-18)24(26)27)23(16-17-6-2-1-3-7-17)15-13-19-8-4-5-14-22-19/h1-12,14H,13,15-16H2. The average molecular weight is 361 g/mol. The summed E-state index contributed by atoms with van der Waals surface area (Å²) in [5, 5.41) is 10.8. The van der Waals surface area contributed by atoms with Crippen LogP contribution < -0.4 is 0 Å².